The molecule has 4 N–H and O–H groups in total. The predicted molar refractivity (Wildman–Crippen MR) is 96.4 cm³/mol. The summed E-state index contributed by atoms with van der Waals surface area (Å²) in [7, 11) is 1.39. The minimum Gasteiger partial charge on any atom is -0.504 e. The number of amides is 2. The second-order valence-electron chi connectivity index (χ2n) is 6.89. The summed E-state index contributed by atoms with van der Waals surface area (Å²) in [4.78, 5) is 37.6. The van der Waals surface area contributed by atoms with Gasteiger partial charge in [-0.05, 0) is 23.3 Å². The van der Waals surface area contributed by atoms with E-state index in [1.54, 1.807) is 36.4 Å². The highest BCUT2D eigenvalue weighted by atomic mass is 16.5. The zero-order valence-corrected chi connectivity index (χ0v) is 14.9. The molecule has 2 fully saturated rings. The van der Waals surface area contributed by atoms with Crippen molar-refractivity contribution in [3.8, 4) is 11.5 Å². The number of carbonyl (C=O) groups excluding carboxylic acids is 2. The molecule has 4 rings (SSSR count). The van der Waals surface area contributed by atoms with E-state index in [-0.39, 0.29) is 11.5 Å². The Balaban J connectivity index is 1.90. The van der Waals surface area contributed by atoms with E-state index in [1.807, 2.05) is 0 Å². The highest BCUT2D eigenvalue weighted by Crippen LogP contribution is 2.51. The van der Waals surface area contributed by atoms with Gasteiger partial charge < -0.3 is 14.9 Å². The van der Waals surface area contributed by atoms with Gasteiger partial charge in [0, 0.05) is 6.04 Å². The first-order valence-electron chi connectivity index (χ1n) is 8.68. The number of nitrogens with one attached hydrogen (secondary N) is 2. The zero-order chi connectivity index (χ0) is 20.1. The van der Waals surface area contributed by atoms with Crippen molar-refractivity contribution in [3.05, 3.63) is 59.7 Å². The maximum atomic E-state index is 12.6. The number of aromatic hydroxyl groups is 1. The summed E-state index contributed by atoms with van der Waals surface area (Å²) in [6.45, 7) is 0. The van der Waals surface area contributed by atoms with E-state index in [1.165, 1.54) is 19.2 Å². The SMILES string of the molecule is COc1cc(C2NC(C(=O)O)(c3ccccc3)C3C(=O)NC(=O)C23)ccc1O. The van der Waals surface area contributed by atoms with Crippen molar-refractivity contribution in [2.24, 2.45) is 11.8 Å². The van der Waals surface area contributed by atoms with E-state index in [0.29, 0.717) is 11.1 Å². The van der Waals surface area contributed by atoms with Crippen LogP contribution in [0.5, 0.6) is 11.5 Å². The molecular weight excluding hydrogens is 364 g/mol. The van der Waals surface area contributed by atoms with E-state index < -0.39 is 41.2 Å². The van der Waals surface area contributed by atoms with Crippen molar-refractivity contribution < 1.29 is 29.3 Å². The van der Waals surface area contributed by atoms with Crippen molar-refractivity contribution >= 4 is 17.8 Å². The number of fused-ring (bicyclic) bond motifs is 1. The Hall–Kier alpha value is -3.39. The second kappa shape index (κ2) is 6.35. The largest absolute Gasteiger partial charge is 0.504 e. The van der Waals surface area contributed by atoms with E-state index >= 15 is 0 Å². The first kappa shape index (κ1) is 18.0. The minimum absolute atomic E-state index is 0.0831. The van der Waals surface area contributed by atoms with Gasteiger partial charge in [-0.1, -0.05) is 36.4 Å². The molecule has 28 heavy (non-hydrogen) atoms. The van der Waals surface area contributed by atoms with Crippen LogP contribution in [-0.2, 0) is 19.9 Å². The number of phenolic OH excluding ortho intramolecular Hbond substituents is 1. The number of carboxylic acid groups (broad SMARTS) is 1. The second-order valence-corrected chi connectivity index (χ2v) is 6.89. The summed E-state index contributed by atoms with van der Waals surface area (Å²) in [6, 6.07) is 12.1. The average Bonchev–Trinajstić information content (AvgIpc) is 3.20. The number of hydrogen-bond donors (Lipinski definition) is 4. The molecule has 2 aromatic carbocycles. The summed E-state index contributed by atoms with van der Waals surface area (Å²) in [6.07, 6.45) is 0. The molecule has 2 aliphatic rings. The van der Waals surface area contributed by atoms with Crippen molar-refractivity contribution in [1.82, 2.24) is 10.6 Å². The third-order valence-electron chi connectivity index (χ3n) is 5.53. The van der Waals surface area contributed by atoms with Crippen LogP contribution < -0.4 is 15.4 Å². The van der Waals surface area contributed by atoms with E-state index in [9.17, 15) is 24.6 Å². The van der Waals surface area contributed by atoms with Crippen LogP contribution in [0.2, 0.25) is 0 Å². The first-order valence-corrected chi connectivity index (χ1v) is 8.68. The maximum Gasteiger partial charge on any atom is 0.329 e. The normalized spacial score (nSPS) is 28.7. The van der Waals surface area contributed by atoms with Crippen LogP contribution in [0.15, 0.2) is 48.5 Å². The molecule has 0 aliphatic carbocycles. The van der Waals surface area contributed by atoms with Crippen molar-refractivity contribution in [2.45, 2.75) is 11.6 Å². The summed E-state index contributed by atoms with van der Waals surface area (Å²) in [5.74, 6) is -4.33. The number of ether oxygens (including phenoxy) is 1. The van der Waals surface area contributed by atoms with Gasteiger partial charge in [0.1, 0.15) is 0 Å². The lowest BCUT2D eigenvalue weighted by molar-refractivity contribution is -0.149. The lowest BCUT2D eigenvalue weighted by Gasteiger charge is -2.30. The Morgan fingerprint density at radius 1 is 1.11 bits per heavy atom. The molecule has 2 saturated heterocycles. The van der Waals surface area contributed by atoms with Gasteiger partial charge in [-0.15, -0.1) is 0 Å². The van der Waals surface area contributed by atoms with E-state index in [4.69, 9.17) is 4.74 Å². The van der Waals surface area contributed by atoms with Gasteiger partial charge in [0.25, 0.3) is 0 Å². The van der Waals surface area contributed by atoms with Gasteiger partial charge >= 0.3 is 5.97 Å². The average molecular weight is 382 g/mol. The molecule has 2 aliphatic heterocycles. The third-order valence-corrected chi connectivity index (χ3v) is 5.53. The zero-order valence-electron chi connectivity index (χ0n) is 14.9. The van der Waals surface area contributed by atoms with E-state index in [2.05, 4.69) is 10.6 Å². The molecule has 0 aromatic heterocycles. The number of methoxy groups -OCH3 is 1. The predicted octanol–water partition coefficient (Wildman–Crippen LogP) is 0.914. The third kappa shape index (κ3) is 2.38. The molecule has 144 valence electrons. The van der Waals surface area contributed by atoms with Gasteiger partial charge in [-0.3, -0.25) is 20.2 Å². The number of carboxylic acids is 1. The van der Waals surface area contributed by atoms with Gasteiger partial charge in [0.2, 0.25) is 11.8 Å². The fraction of sp³-hybridized carbons (Fsp3) is 0.250. The fourth-order valence-electron chi connectivity index (χ4n) is 4.29. The number of carbonyl (C=O) groups is 3. The number of aliphatic carboxylic acids is 1. The smallest absolute Gasteiger partial charge is 0.329 e. The van der Waals surface area contributed by atoms with Crippen molar-refractivity contribution in [2.75, 3.05) is 7.11 Å². The highest BCUT2D eigenvalue weighted by molar-refractivity contribution is 6.09. The Bertz CT molecular complexity index is 976. The van der Waals surface area contributed by atoms with Crippen LogP contribution in [0.1, 0.15) is 17.2 Å². The van der Waals surface area contributed by atoms with Crippen LogP contribution >= 0.6 is 0 Å². The maximum absolute atomic E-state index is 12.6. The molecule has 8 nitrogen and oxygen atoms in total. The topological polar surface area (TPSA) is 125 Å². The molecule has 4 atom stereocenters. The Kier molecular flexibility index (Phi) is 4.08. The molecular formula is C20H18N2O6. The summed E-state index contributed by atoms with van der Waals surface area (Å²) >= 11 is 0. The quantitative estimate of drug-likeness (QED) is 0.579. The molecule has 0 spiro atoms. The number of rotatable bonds is 4. The molecule has 2 amide bonds. The summed E-state index contributed by atoms with van der Waals surface area (Å²) in [5.41, 5.74) is -0.845. The molecule has 0 radical (unpaired) electrons. The van der Waals surface area contributed by atoms with Gasteiger partial charge in [-0.2, -0.15) is 0 Å². The van der Waals surface area contributed by atoms with E-state index in [0.717, 1.165) is 0 Å². The van der Waals surface area contributed by atoms with Crippen LogP contribution in [-0.4, -0.2) is 35.1 Å². The number of benzene rings is 2. The van der Waals surface area contributed by atoms with Crippen LogP contribution in [0.25, 0.3) is 0 Å². The summed E-state index contributed by atoms with van der Waals surface area (Å²) in [5, 5.41) is 25.3. The monoisotopic (exact) mass is 382 g/mol. The van der Waals surface area contributed by atoms with Crippen LogP contribution in [0.3, 0.4) is 0 Å². The van der Waals surface area contributed by atoms with Crippen molar-refractivity contribution in [3.63, 3.8) is 0 Å². The lowest BCUT2D eigenvalue weighted by Crippen LogP contribution is -2.52. The van der Waals surface area contributed by atoms with Gasteiger partial charge in [0.05, 0.1) is 18.9 Å². The number of imide groups is 1. The molecule has 0 bridgehead atoms. The van der Waals surface area contributed by atoms with Crippen molar-refractivity contribution in [1.29, 1.82) is 0 Å². The molecule has 8 heteroatoms. The minimum atomic E-state index is -1.77. The highest BCUT2D eigenvalue weighted by Gasteiger charge is 2.67. The van der Waals surface area contributed by atoms with Crippen LogP contribution in [0, 0.1) is 11.8 Å². The molecule has 2 aromatic rings. The standard InChI is InChI=1S/C20H18N2O6/c1-28-13-9-10(7-8-12(13)23)16-14-15(18(25)21-17(14)24)20(22-16,19(26)27)11-5-3-2-4-6-11/h2-9,14-16,22-23H,1H3,(H,26,27)(H,21,24,25). The Morgan fingerprint density at radius 3 is 2.46 bits per heavy atom. The van der Waals surface area contributed by atoms with Gasteiger partial charge in [0.15, 0.2) is 17.0 Å². The molecule has 0 saturated carbocycles. The molecule has 2 heterocycles. The number of hydrogen-bond acceptors (Lipinski definition) is 6. The van der Waals surface area contributed by atoms with Crippen LogP contribution in [0.4, 0.5) is 0 Å². The lowest BCUT2D eigenvalue weighted by atomic mass is 9.75. The number of phenols is 1. The fourth-order valence-corrected chi connectivity index (χ4v) is 4.29. The molecule has 4 unspecified atom stereocenters. The Morgan fingerprint density at radius 2 is 1.82 bits per heavy atom. The van der Waals surface area contributed by atoms with Gasteiger partial charge in [-0.25, -0.2) is 4.79 Å². The Labute approximate surface area is 160 Å². The summed E-state index contributed by atoms with van der Waals surface area (Å²) < 4.78 is 5.13. The first-order chi connectivity index (χ1) is 13.4.